The Bertz CT molecular complexity index is 1220. The van der Waals surface area contributed by atoms with E-state index in [9.17, 15) is 12.8 Å². The van der Waals surface area contributed by atoms with Gasteiger partial charge in [0.1, 0.15) is 11.6 Å². The highest BCUT2D eigenvalue weighted by Gasteiger charge is 2.37. The summed E-state index contributed by atoms with van der Waals surface area (Å²) in [7, 11) is -4.03. The molecule has 1 aromatic heterocycles. The predicted octanol–water partition coefficient (Wildman–Crippen LogP) is 5.87. The maximum Gasteiger partial charge on any atom is 0.264 e. The fourth-order valence-corrected chi connectivity index (χ4v) is 5.69. The zero-order chi connectivity index (χ0) is 23.8. The third-order valence-electron chi connectivity index (χ3n) is 5.00. The number of nitrogens with zero attached hydrogens (tertiary/aromatic N) is 4. The van der Waals surface area contributed by atoms with Crippen LogP contribution >= 0.6 is 11.6 Å². The van der Waals surface area contributed by atoms with Crippen molar-refractivity contribution < 1.29 is 12.8 Å². The van der Waals surface area contributed by atoms with E-state index in [4.69, 9.17) is 11.6 Å². The Morgan fingerprint density at radius 3 is 2.28 bits per heavy atom. The van der Waals surface area contributed by atoms with Crippen LogP contribution in [0.4, 0.5) is 10.1 Å². The van der Waals surface area contributed by atoms with Crippen LogP contribution in [0.15, 0.2) is 47.4 Å². The van der Waals surface area contributed by atoms with Gasteiger partial charge in [-0.3, -0.25) is 4.31 Å². The Balaban J connectivity index is 2.37. The van der Waals surface area contributed by atoms with E-state index in [0.29, 0.717) is 17.9 Å². The van der Waals surface area contributed by atoms with Crippen LogP contribution < -0.4 is 4.31 Å². The molecule has 0 atom stereocenters. The molecule has 0 aliphatic heterocycles. The highest BCUT2D eigenvalue weighted by Crippen LogP contribution is 2.41. The average Bonchev–Trinajstić information content (AvgIpc) is 3.14. The smallest absolute Gasteiger partial charge is 0.264 e. The van der Waals surface area contributed by atoms with Crippen LogP contribution in [-0.2, 0) is 16.6 Å². The Morgan fingerprint density at radius 2 is 1.75 bits per heavy atom. The summed E-state index contributed by atoms with van der Waals surface area (Å²) >= 11 is 6.15. The molecule has 1 heterocycles. The molecular weight excluding hydrogens is 451 g/mol. The van der Waals surface area contributed by atoms with Crippen molar-refractivity contribution in [3.8, 4) is 11.4 Å². The van der Waals surface area contributed by atoms with Crippen LogP contribution in [0, 0.1) is 5.82 Å². The standard InChI is InChI=1S/C23H28ClFN4O2S/c1-7-28-21(15(2)3)26-27-22(28)17-13-18(24)19(25)14-20(17)29(23(4,5)6)32(30,31)16-11-9-8-10-12-16/h8-15H,7H2,1-6H3. The van der Waals surface area contributed by atoms with Crippen LogP contribution in [0.2, 0.25) is 5.02 Å². The van der Waals surface area contributed by atoms with Gasteiger partial charge in [0.05, 0.1) is 15.6 Å². The Kier molecular flexibility index (Phi) is 6.67. The lowest BCUT2D eigenvalue weighted by Gasteiger charge is -2.37. The minimum Gasteiger partial charge on any atom is -0.311 e. The van der Waals surface area contributed by atoms with Crippen LogP contribution in [0.25, 0.3) is 11.4 Å². The van der Waals surface area contributed by atoms with Gasteiger partial charge in [-0.15, -0.1) is 10.2 Å². The third kappa shape index (κ3) is 4.38. The molecular formula is C23H28ClFN4O2S. The van der Waals surface area contributed by atoms with Gasteiger partial charge in [0.25, 0.3) is 10.0 Å². The molecule has 0 amide bonds. The number of rotatable bonds is 6. The molecule has 0 aliphatic carbocycles. The zero-order valence-corrected chi connectivity index (χ0v) is 20.7. The summed E-state index contributed by atoms with van der Waals surface area (Å²) in [5, 5.41) is 8.53. The Morgan fingerprint density at radius 1 is 1.12 bits per heavy atom. The van der Waals surface area contributed by atoms with Crippen molar-refractivity contribution >= 4 is 27.3 Å². The summed E-state index contributed by atoms with van der Waals surface area (Å²) in [6.45, 7) is 11.8. The van der Waals surface area contributed by atoms with Crippen molar-refractivity contribution in [1.82, 2.24) is 14.8 Å². The molecule has 0 saturated heterocycles. The highest BCUT2D eigenvalue weighted by atomic mass is 35.5. The quantitative estimate of drug-likeness (QED) is 0.444. The van der Waals surface area contributed by atoms with Gasteiger partial charge in [-0.1, -0.05) is 43.6 Å². The first-order valence-corrected chi connectivity index (χ1v) is 12.2. The van der Waals surface area contributed by atoms with Crippen LogP contribution in [0.3, 0.4) is 0 Å². The molecule has 3 aromatic rings. The second kappa shape index (κ2) is 8.83. The number of aromatic nitrogens is 3. The Hall–Kier alpha value is -2.45. The SMILES string of the molecule is CCn1c(-c2cc(Cl)c(F)cc2N(C(C)(C)C)S(=O)(=O)c2ccccc2)nnc1C(C)C. The van der Waals surface area contributed by atoms with Gasteiger partial charge in [-0.2, -0.15) is 0 Å². The molecule has 0 unspecified atom stereocenters. The second-order valence-electron chi connectivity index (χ2n) is 8.82. The van der Waals surface area contributed by atoms with E-state index in [1.165, 1.54) is 22.5 Å². The molecule has 0 aliphatic rings. The third-order valence-corrected chi connectivity index (χ3v) is 7.38. The fraction of sp³-hybridized carbons (Fsp3) is 0.391. The summed E-state index contributed by atoms with van der Waals surface area (Å²) in [5.74, 6) is 0.574. The van der Waals surface area contributed by atoms with Crippen molar-refractivity contribution in [3.63, 3.8) is 0 Å². The lowest BCUT2D eigenvalue weighted by atomic mass is 10.1. The van der Waals surface area contributed by atoms with E-state index in [1.807, 2.05) is 25.3 Å². The number of sulfonamides is 1. The molecule has 0 bridgehead atoms. The molecule has 3 rings (SSSR count). The molecule has 0 fully saturated rings. The largest absolute Gasteiger partial charge is 0.311 e. The minimum atomic E-state index is -4.03. The molecule has 0 saturated carbocycles. The van der Waals surface area contributed by atoms with E-state index in [-0.39, 0.29) is 21.5 Å². The maximum atomic E-state index is 14.7. The van der Waals surface area contributed by atoms with Gasteiger partial charge in [0.2, 0.25) is 0 Å². The van der Waals surface area contributed by atoms with Crippen LogP contribution in [0.5, 0.6) is 0 Å². The van der Waals surface area contributed by atoms with E-state index >= 15 is 0 Å². The van der Waals surface area contributed by atoms with Gasteiger partial charge in [-0.05, 0) is 45.9 Å². The molecule has 9 heteroatoms. The summed E-state index contributed by atoms with van der Waals surface area (Å²) in [4.78, 5) is 0.107. The molecule has 6 nitrogen and oxygen atoms in total. The van der Waals surface area contributed by atoms with Crippen molar-refractivity contribution in [2.45, 2.75) is 64.4 Å². The van der Waals surface area contributed by atoms with E-state index < -0.39 is 21.4 Å². The van der Waals surface area contributed by atoms with Gasteiger partial charge in [0.15, 0.2) is 5.82 Å². The van der Waals surface area contributed by atoms with Crippen molar-refractivity contribution in [2.75, 3.05) is 4.31 Å². The first-order chi connectivity index (χ1) is 14.9. The van der Waals surface area contributed by atoms with Gasteiger partial charge < -0.3 is 4.57 Å². The van der Waals surface area contributed by atoms with E-state index in [0.717, 1.165) is 11.9 Å². The monoisotopic (exact) mass is 478 g/mol. The van der Waals surface area contributed by atoms with Crippen molar-refractivity contribution in [1.29, 1.82) is 0 Å². The van der Waals surface area contributed by atoms with Gasteiger partial charge in [-0.25, -0.2) is 12.8 Å². The highest BCUT2D eigenvalue weighted by molar-refractivity contribution is 7.93. The first kappa shape index (κ1) is 24.2. The van der Waals surface area contributed by atoms with Crippen molar-refractivity contribution in [2.24, 2.45) is 0 Å². The number of hydrogen-bond donors (Lipinski definition) is 0. The normalized spacial score (nSPS) is 12.4. The number of benzene rings is 2. The molecule has 32 heavy (non-hydrogen) atoms. The van der Waals surface area contributed by atoms with Crippen LogP contribution in [-0.4, -0.2) is 28.7 Å². The zero-order valence-electron chi connectivity index (χ0n) is 19.1. The fourth-order valence-electron chi connectivity index (χ4n) is 3.69. The number of anilines is 1. The first-order valence-electron chi connectivity index (χ1n) is 10.4. The predicted molar refractivity (Wildman–Crippen MR) is 126 cm³/mol. The molecule has 0 radical (unpaired) electrons. The summed E-state index contributed by atoms with van der Waals surface area (Å²) in [5.41, 5.74) is -0.366. The van der Waals surface area contributed by atoms with E-state index in [1.54, 1.807) is 39.0 Å². The number of halogens is 2. The second-order valence-corrected chi connectivity index (χ2v) is 11.0. The minimum absolute atomic E-state index is 0.0994. The molecule has 172 valence electrons. The van der Waals surface area contributed by atoms with E-state index in [2.05, 4.69) is 10.2 Å². The number of hydrogen-bond acceptors (Lipinski definition) is 4. The lowest BCUT2D eigenvalue weighted by Crippen LogP contribution is -2.46. The summed E-state index contributed by atoms with van der Waals surface area (Å²) < 4.78 is 45.4. The summed E-state index contributed by atoms with van der Waals surface area (Å²) in [6, 6.07) is 10.7. The Labute approximate surface area is 194 Å². The van der Waals surface area contributed by atoms with Gasteiger partial charge in [0, 0.05) is 29.6 Å². The lowest BCUT2D eigenvalue weighted by molar-refractivity contribution is 0.534. The van der Waals surface area contributed by atoms with Crippen LogP contribution in [0.1, 0.15) is 53.3 Å². The molecule has 0 spiro atoms. The summed E-state index contributed by atoms with van der Waals surface area (Å²) in [6.07, 6.45) is 0. The van der Waals surface area contributed by atoms with Gasteiger partial charge >= 0.3 is 0 Å². The average molecular weight is 479 g/mol. The van der Waals surface area contributed by atoms with Crippen molar-refractivity contribution in [3.05, 3.63) is 59.1 Å². The molecule has 2 aromatic carbocycles. The molecule has 0 N–H and O–H groups in total. The maximum absolute atomic E-state index is 14.7. The topological polar surface area (TPSA) is 68.1 Å².